The molecule has 0 spiro atoms. The monoisotopic (exact) mass is 231 g/mol. The summed E-state index contributed by atoms with van der Waals surface area (Å²) >= 11 is 5.78. The first-order valence-electron chi connectivity index (χ1n) is 4.60. The quantitative estimate of drug-likeness (QED) is 0.572. The molecule has 0 amide bonds. The Labute approximate surface area is 93.6 Å². The van der Waals surface area contributed by atoms with Gasteiger partial charge in [-0.2, -0.15) is 0 Å². The number of ether oxygens (including phenoxy) is 2. The molecule has 3 N–H and O–H groups in total. The molecular weight excluding hydrogens is 218 g/mol. The van der Waals surface area contributed by atoms with Crippen LogP contribution >= 0.6 is 11.6 Å². The summed E-state index contributed by atoms with van der Waals surface area (Å²) in [5, 5.41) is 9.04. The average Bonchev–Trinajstić information content (AvgIpc) is 2.23. The number of aliphatic hydroxyl groups is 1. The summed E-state index contributed by atoms with van der Waals surface area (Å²) < 4.78 is 10.4. The van der Waals surface area contributed by atoms with Crippen molar-refractivity contribution < 1.29 is 14.6 Å². The van der Waals surface area contributed by atoms with E-state index in [9.17, 15) is 0 Å². The molecule has 1 aromatic carbocycles. The summed E-state index contributed by atoms with van der Waals surface area (Å²) in [5.41, 5.74) is 6.21. The van der Waals surface area contributed by atoms with Crippen molar-refractivity contribution in [2.45, 2.75) is 0 Å². The molecule has 0 saturated carbocycles. The van der Waals surface area contributed by atoms with Gasteiger partial charge in [0.2, 0.25) is 0 Å². The Bertz CT molecular complexity index is 307. The van der Waals surface area contributed by atoms with Crippen LogP contribution in [0.25, 0.3) is 0 Å². The van der Waals surface area contributed by atoms with Gasteiger partial charge in [-0.25, -0.2) is 0 Å². The number of halogens is 1. The van der Waals surface area contributed by atoms with Crippen LogP contribution < -0.4 is 10.5 Å². The number of hydrogen-bond acceptors (Lipinski definition) is 4. The molecule has 84 valence electrons. The van der Waals surface area contributed by atoms with Gasteiger partial charge >= 0.3 is 0 Å². The predicted octanol–water partition coefficient (Wildman–Crippen LogP) is 1.31. The average molecular weight is 232 g/mol. The van der Waals surface area contributed by atoms with E-state index in [1.165, 1.54) is 0 Å². The number of benzene rings is 1. The zero-order valence-electron chi connectivity index (χ0n) is 8.28. The largest absolute Gasteiger partial charge is 0.489 e. The van der Waals surface area contributed by atoms with Crippen molar-refractivity contribution in [1.82, 2.24) is 0 Å². The number of nitrogens with two attached hydrogens (primary N) is 1. The van der Waals surface area contributed by atoms with Crippen molar-refractivity contribution >= 4 is 17.3 Å². The van der Waals surface area contributed by atoms with Gasteiger partial charge in [0.25, 0.3) is 0 Å². The second-order valence-corrected chi connectivity index (χ2v) is 3.30. The van der Waals surface area contributed by atoms with Crippen LogP contribution in [0.2, 0.25) is 5.02 Å². The van der Waals surface area contributed by atoms with E-state index in [0.717, 1.165) is 0 Å². The Kier molecular flexibility index (Phi) is 5.25. The third-order valence-electron chi connectivity index (χ3n) is 1.70. The molecule has 5 heteroatoms. The molecule has 4 nitrogen and oxygen atoms in total. The van der Waals surface area contributed by atoms with Gasteiger partial charge in [-0.1, -0.05) is 11.6 Å². The zero-order valence-corrected chi connectivity index (χ0v) is 9.04. The lowest BCUT2D eigenvalue weighted by Gasteiger charge is -2.09. The Balaban J connectivity index is 2.33. The van der Waals surface area contributed by atoms with Crippen LogP contribution in [0.4, 0.5) is 5.69 Å². The molecular formula is C10H14ClNO3. The SMILES string of the molecule is Nc1ccc(Cl)cc1OCCOCCO. The van der Waals surface area contributed by atoms with Crippen molar-refractivity contribution in [3.8, 4) is 5.75 Å². The van der Waals surface area contributed by atoms with Crippen LogP contribution in [0.15, 0.2) is 18.2 Å². The van der Waals surface area contributed by atoms with Crippen LogP contribution in [0.1, 0.15) is 0 Å². The first-order valence-corrected chi connectivity index (χ1v) is 4.98. The fourth-order valence-electron chi connectivity index (χ4n) is 1.01. The molecule has 0 aliphatic rings. The second kappa shape index (κ2) is 6.50. The smallest absolute Gasteiger partial charge is 0.143 e. The lowest BCUT2D eigenvalue weighted by atomic mass is 10.3. The highest BCUT2D eigenvalue weighted by Crippen LogP contribution is 2.25. The molecule has 0 fully saturated rings. The molecule has 0 aliphatic heterocycles. The van der Waals surface area contributed by atoms with Gasteiger partial charge in [0.05, 0.1) is 25.5 Å². The van der Waals surface area contributed by atoms with Gasteiger partial charge in [-0.05, 0) is 12.1 Å². The highest BCUT2D eigenvalue weighted by atomic mass is 35.5. The molecule has 0 bridgehead atoms. The second-order valence-electron chi connectivity index (χ2n) is 2.87. The van der Waals surface area contributed by atoms with Crippen molar-refractivity contribution in [3.63, 3.8) is 0 Å². The zero-order chi connectivity index (χ0) is 11.1. The van der Waals surface area contributed by atoms with Crippen molar-refractivity contribution in [3.05, 3.63) is 23.2 Å². The Morgan fingerprint density at radius 2 is 2.07 bits per heavy atom. The fraction of sp³-hybridized carbons (Fsp3) is 0.400. The summed E-state index contributed by atoms with van der Waals surface area (Å²) in [7, 11) is 0. The molecule has 1 aromatic rings. The predicted molar refractivity (Wildman–Crippen MR) is 59.3 cm³/mol. The van der Waals surface area contributed by atoms with Crippen LogP contribution in [0.3, 0.4) is 0 Å². The van der Waals surface area contributed by atoms with Crippen LogP contribution in [-0.2, 0) is 4.74 Å². The molecule has 15 heavy (non-hydrogen) atoms. The van der Waals surface area contributed by atoms with Crippen LogP contribution in [0.5, 0.6) is 5.75 Å². The number of hydrogen-bond donors (Lipinski definition) is 2. The van der Waals surface area contributed by atoms with Gasteiger partial charge in [0.15, 0.2) is 0 Å². The highest BCUT2D eigenvalue weighted by Gasteiger charge is 2.00. The molecule has 0 unspecified atom stereocenters. The molecule has 0 atom stereocenters. The molecule has 0 saturated heterocycles. The van der Waals surface area contributed by atoms with E-state index in [1.54, 1.807) is 18.2 Å². The normalized spacial score (nSPS) is 10.3. The minimum atomic E-state index is 0.0132. The summed E-state index contributed by atoms with van der Waals surface area (Å²) in [6, 6.07) is 5.04. The van der Waals surface area contributed by atoms with Gasteiger partial charge in [-0.15, -0.1) is 0 Å². The number of rotatable bonds is 6. The van der Waals surface area contributed by atoms with Crippen LogP contribution in [0, 0.1) is 0 Å². The topological polar surface area (TPSA) is 64.7 Å². The third kappa shape index (κ3) is 4.38. The maximum Gasteiger partial charge on any atom is 0.143 e. The van der Waals surface area contributed by atoms with E-state index in [2.05, 4.69) is 0 Å². The van der Waals surface area contributed by atoms with Crippen molar-refractivity contribution in [1.29, 1.82) is 0 Å². The van der Waals surface area contributed by atoms with E-state index >= 15 is 0 Å². The van der Waals surface area contributed by atoms with E-state index in [0.29, 0.717) is 36.3 Å². The van der Waals surface area contributed by atoms with Gasteiger partial charge < -0.3 is 20.3 Å². The first-order chi connectivity index (χ1) is 7.24. The highest BCUT2D eigenvalue weighted by molar-refractivity contribution is 6.30. The Morgan fingerprint density at radius 1 is 1.27 bits per heavy atom. The maximum atomic E-state index is 8.46. The molecule has 0 heterocycles. The molecule has 1 rings (SSSR count). The fourth-order valence-corrected chi connectivity index (χ4v) is 1.17. The van der Waals surface area contributed by atoms with E-state index < -0.39 is 0 Å². The summed E-state index contributed by atoms with van der Waals surface area (Å²) in [6.07, 6.45) is 0. The molecule has 0 aromatic heterocycles. The molecule has 0 aliphatic carbocycles. The van der Waals surface area contributed by atoms with Gasteiger partial charge in [0.1, 0.15) is 12.4 Å². The van der Waals surface area contributed by atoms with E-state index in [-0.39, 0.29) is 6.61 Å². The maximum absolute atomic E-state index is 8.46. The molecule has 0 radical (unpaired) electrons. The number of anilines is 1. The summed E-state index contributed by atoms with van der Waals surface area (Å²) in [6.45, 7) is 1.12. The third-order valence-corrected chi connectivity index (χ3v) is 1.93. The minimum Gasteiger partial charge on any atom is -0.489 e. The lowest BCUT2D eigenvalue weighted by Crippen LogP contribution is -2.09. The first kappa shape index (κ1) is 12.1. The van der Waals surface area contributed by atoms with Crippen molar-refractivity contribution in [2.24, 2.45) is 0 Å². The Hall–Kier alpha value is -0.970. The number of nitrogen functional groups attached to an aromatic ring is 1. The van der Waals surface area contributed by atoms with Crippen molar-refractivity contribution in [2.75, 3.05) is 32.2 Å². The van der Waals surface area contributed by atoms with Crippen LogP contribution in [-0.4, -0.2) is 31.5 Å². The number of aliphatic hydroxyl groups excluding tert-OH is 1. The van der Waals surface area contributed by atoms with E-state index in [1.807, 2.05) is 0 Å². The minimum absolute atomic E-state index is 0.0132. The van der Waals surface area contributed by atoms with Gasteiger partial charge in [-0.3, -0.25) is 0 Å². The lowest BCUT2D eigenvalue weighted by molar-refractivity contribution is 0.0707. The Morgan fingerprint density at radius 3 is 2.80 bits per heavy atom. The standard InChI is InChI=1S/C10H14ClNO3/c11-8-1-2-9(12)10(7-8)15-6-5-14-4-3-13/h1-2,7,13H,3-6,12H2. The summed E-state index contributed by atoms with van der Waals surface area (Å²) in [5.74, 6) is 0.551. The van der Waals surface area contributed by atoms with Gasteiger partial charge in [0, 0.05) is 11.1 Å². The summed E-state index contributed by atoms with van der Waals surface area (Å²) in [4.78, 5) is 0. The van der Waals surface area contributed by atoms with E-state index in [4.69, 9.17) is 31.9 Å².